The fourth-order valence-electron chi connectivity index (χ4n) is 1.54. The van der Waals surface area contributed by atoms with Crippen LogP contribution in [0.2, 0.25) is 0 Å². The summed E-state index contributed by atoms with van der Waals surface area (Å²) in [7, 11) is 1.25. The first-order valence-corrected chi connectivity index (χ1v) is 7.21. The van der Waals surface area contributed by atoms with Crippen molar-refractivity contribution >= 4 is 36.7 Å². The highest BCUT2D eigenvalue weighted by Crippen LogP contribution is 2.21. The van der Waals surface area contributed by atoms with E-state index in [9.17, 15) is 18.0 Å². The molecule has 0 unspecified atom stereocenters. The van der Waals surface area contributed by atoms with E-state index in [4.69, 9.17) is 20.9 Å². The maximum Gasteiger partial charge on any atom is 0.420 e. The predicted molar refractivity (Wildman–Crippen MR) is 65.8 cm³/mol. The van der Waals surface area contributed by atoms with Gasteiger partial charge in [-0.3, -0.25) is 14.8 Å². The van der Waals surface area contributed by atoms with Crippen molar-refractivity contribution in [3.8, 4) is 0 Å². The molecule has 0 aliphatic rings. The summed E-state index contributed by atoms with van der Waals surface area (Å²) in [6, 6.07) is 3.63. The summed E-state index contributed by atoms with van der Waals surface area (Å²) in [6.45, 7) is -0.338. The lowest BCUT2D eigenvalue weighted by atomic mass is 10.3. The first kappa shape index (κ1) is 13.6. The van der Waals surface area contributed by atoms with Gasteiger partial charge in [0, 0.05) is 16.7 Å². The third kappa shape index (κ3) is 2.62. The number of nitrogens with one attached hydrogen (secondary N) is 1. The van der Waals surface area contributed by atoms with Crippen LogP contribution in [0.15, 0.2) is 32.3 Å². The van der Waals surface area contributed by atoms with Crippen molar-refractivity contribution in [3.05, 3.63) is 28.7 Å². The normalized spacial score (nSPS) is 11.7. The molecule has 10 heteroatoms. The van der Waals surface area contributed by atoms with Gasteiger partial charge >= 0.3 is 5.76 Å². The molecule has 0 saturated heterocycles. The zero-order valence-corrected chi connectivity index (χ0v) is 10.9. The Balaban J connectivity index is 2.61. The van der Waals surface area contributed by atoms with Gasteiger partial charge < -0.3 is 4.42 Å². The van der Waals surface area contributed by atoms with E-state index >= 15 is 0 Å². The Bertz CT molecular complexity index is 807. The molecule has 0 aliphatic carbocycles. The van der Waals surface area contributed by atoms with Crippen LogP contribution in [-0.2, 0) is 20.4 Å². The molecule has 0 atom stereocenters. The van der Waals surface area contributed by atoms with E-state index in [1.54, 1.807) is 0 Å². The van der Waals surface area contributed by atoms with Crippen molar-refractivity contribution in [2.75, 3.05) is 0 Å². The van der Waals surface area contributed by atoms with Crippen LogP contribution in [0.3, 0.4) is 0 Å². The van der Waals surface area contributed by atoms with E-state index in [1.807, 2.05) is 5.43 Å². The second kappa shape index (κ2) is 4.68. The molecule has 0 aliphatic heterocycles. The number of carbonyl (C=O) groups excluding carboxylic acids is 1. The highest BCUT2D eigenvalue weighted by atomic mass is 35.7. The number of nitrogens with zero attached hydrogens (tertiary/aromatic N) is 1. The number of hydrogen-bond acceptors (Lipinski definition) is 6. The average Bonchev–Trinajstić information content (AvgIpc) is 2.64. The Morgan fingerprint density at radius 3 is 2.74 bits per heavy atom. The highest BCUT2D eigenvalue weighted by Gasteiger charge is 2.16. The molecule has 0 saturated carbocycles. The van der Waals surface area contributed by atoms with E-state index in [0.717, 1.165) is 10.6 Å². The number of carbonyl (C=O) groups is 1. The van der Waals surface area contributed by atoms with E-state index in [-0.39, 0.29) is 22.5 Å². The Labute approximate surface area is 111 Å². The minimum absolute atomic E-state index is 0.0107. The number of halogens is 1. The van der Waals surface area contributed by atoms with Crippen molar-refractivity contribution < 1.29 is 17.6 Å². The monoisotopic (exact) mass is 305 g/mol. The minimum Gasteiger partial charge on any atom is -0.408 e. The molecular formula is C9H8ClN3O5S. The number of hydrazine groups is 1. The van der Waals surface area contributed by atoms with Crippen molar-refractivity contribution in [3.63, 3.8) is 0 Å². The topological polar surface area (TPSA) is 124 Å². The van der Waals surface area contributed by atoms with Crippen molar-refractivity contribution in [1.82, 2.24) is 9.99 Å². The average molecular weight is 306 g/mol. The fourth-order valence-corrected chi connectivity index (χ4v) is 2.30. The van der Waals surface area contributed by atoms with E-state index in [1.165, 1.54) is 12.1 Å². The van der Waals surface area contributed by atoms with E-state index in [2.05, 4.69) is 0 Å². The van der Waals surface area contributed by atoms with Gasteiger partial charge in [-0.15, -0.1) is 0 Å². The summed E-state index contributed by atoms with van der Waals surface area (Å²) in [5.41, 5.74) is 2.15. The zero-order valence-electron chi connectivity index (χ0n) is 9.29. The summed E-state index contributed by atoms with van der Waals surface area (Å²) < 4.78 is 28.2. The summed E-state index contributed by atoms with van der Waals surface area (Å²) in [4.78, 5) is 22.5. The smallest absolute Gasteiger partial charge is 0.408 e. The maximum absolute atomic E-state index is 11.5. The van der Waals surface area contributed by atoms with Crippen LogP contribution < -0.4 is 17.0 Å². The first-order chi connectivity index (χ1) is 8.82. The summed E-state index contributed by atoms with van der Waals surface area (Å²) in [5.74, 6) is 3.52. The Morgan fingerprint density at radius 2 is 2.16 bits per heavy atom. The molecule has 1 amide bonds. The minimum atomic E-state index is -3.92. The molecule has 8 nitrogen and oxygen atoms in total. The molecule has 1 heterocycles. The number of nitrogens with two attached hydrogens (primary N) is 1. The summed E-state index contributed by atoms with van der Waals surface area (Å²) >= 11 is 0. The molecule has 102 valence electrons. The van der Waals surface area contributed by atoms with Crippen LogP contribution >= 0.6 is 10.7 Å². The van der Waals surface area contributed by atoms with Crippen LogP contribution in [0.1, 0.15) is 0 Å². The second-order valence-corrected chi connectivity index (χ2v) is 6.15. The Kier molecular flexibility index (Phi) is 3.35. The van der Waals surface area contributed by atoms with Gasteiger partial charge in [0.2, 0.25) is 0 Å². The van der Waals surface area contributed by atoms with Gasteiger partial charge in [-0.05, 0) is 12.1 Å². The first-order valence-electron chi connectivity index (χ1n) is 4.90. The van der Waals surface area contributed by atoms with Crippen LogP contribution in [0.4, 0.5) is 0 Å². The lowest BCUT2D eigenvalue weighted by molar-refractivity contribution is -0.121. The Hall–Kier alpha value is -1.84. The standard InChI is InChI=1S/C9H8ClN3O5S/c10-19(16,17)5-1-2-6-7(3-5)18-9(15)13(6)4-8(14)12-11/h1-3H,4,11H2,(H,12,14). The number of aromatic nitrogens is 1. The molecule has 3 N–H and O–H groups in total. The van der Waals surface area contributed by atoms with E-state index in [0.29, 0.717) is 0 Å². The zero-order chi connectivity index (χ0) is 14.2. The molecule has 1 aromatic heterocycles. The third-order valence-electron chi connectivity index (χ3n) is 2.38. The van der Waals surface area contributed by atoms with Gasteiger partial charge in [-0.1, -0.05) is 0 Å². The Morgan fingerprint density at radius 1 is 1.47 bits per heavy atom. The van der Waals surface area contributed by atoms with Gasteiger partial charge in [0.05, 0.1) is 10.4 Å². The molecule has 1 aromatic carbocycles. The molecule has 0 fully saturated rings. The molecule has 2 aromatic rings. The number of oxazole rings is 1. The van der Waals surface area contributed by atoms with Gasteiger partial charge in [0.15, 0.2) is 5.58 Å². The third-order valence-corrected chi connectivity index (χ3v) is 3.74. The van der Waals surface area contributed by atoms with Gasteiger partial charge in [-0.25, -0.2) is 19.1 Å². The molecule has 0 bridgehead atoms. The van der Waals surface area contributed by atoms with E-state index < -0.39 is 20.7 Å². The molecule has 0 radical (unpaired) electrons. The lowest BCUT2D eigenvalue weighted by Gasteiger charge is -2.00. The van der Waals surface area contributed by atoms with Crippen LogP contribution in [0.25, 0.3) is 11.1 Å². The molecule has 0 spiro atoms. The second-order valence-electron chi connectivity index (χ2n) is 3.59. The van der Waals surface area contributed by atoms with Crippen molar-refractivity contribution in [2.24, 2.45) is 5.84 Å². The summed E-state index contributed by atoms with van der Waals surface area (Å²) in [6.07, 6.45) is 0. The number of fused-ring (bicyclic) bond motifs is 1. The van der Waals surface area contributed by atoms with Crippen LogP contribution in [0.5, 0.6) is 0 Å². The largest absolute Gasteiger partial charge is 0.420 e. The molecule has 19 heavy (non-hydrogen) atoms. The van der Waals surface area contributed by atoms with Gasteiger partial charge in [0.25, 0.3) is 15.0 Å². The van der Waals surface area contributed by atoms with Crippen molar-refractivity contribution in [2.45, 2.75) is 11.4 Å². The lowest BCUT2D eigenvalue weighted by Crippen LogP contribution is -2.35. The maximum atomic E-state index is 11.5. The van der Waals surface area contributed by atoms with Crippen LogP contribution in [-0.4, -0.2) is 18.9 Å². The van der Waals surface area contributed by atoms with Gasteiger partial charge in [-0.2, -0.15) is 0 Å². The molecular weight excluding hydrogens is 298 g/mol. The number of benzene rings is 1. The highest BCUT2D eigenvalue weighted by molar-refractivity contribution is 8.13. The fraction of sp³-hybridized carbons (Fsp3) is 0.111. The number of amides is 1. The number of rotatable bonds is 3. The quantitative estimate of drug-likeness (QED) is 0.341. The predicted octanol–water partition coefficient (Wildman–Crippen LogP) is -0.488. The molecule has 2 rings (SSSR count). The van der Waals surface area contributed by atoms with Gasteiger partial charge in [0.1, 0.15) is 6.54 Å². The van der Waals surface area contributed by atoms with Crippen molar-refractivity contribution in [1.29, 1.82) is 0 Å². The number of hydrogen-bond donors (Lipinski definition) is 2. The summed E-state index contributed by atoms with van der Waals surface area (Å²) in [5, 5.41) is 0. The van der Waals surface area contributed by atoms with Crippen LogP contribution in [0, 0.1) is 0 Å². The SMILES string of the molecule is NNC(=O)Cn1c(=O)oc2cc(S(=O)(=O)Cl)ccc21.